The van der Waals surface area contributed by atoms with Crippen molar-refractivity contribution in [2.75, 3.05) is 7.11 Å². The minimum Gasteiger partial charge on any atom is -0.466 e. The topological polar surface area (TPSA) is 26.3 Å². The zero-order valence-corrected chi connectivity index (χ0v) is 11.1. The summed E-state index contributed by atoms with van der Waals surface area (Å²) < 4.78 is 4.77. The van der Waals surface area contributed by atoms with Gasteiger partial charge in [0.15, 0.2) is 0 Å². The van der Waals surface area contributed by atoms with Crippen LogP contribution in [0.15, 0.2) is 23.3 Å². The fourth-order valence-corrected chi connectivity index (χ4v) is 3.33. The van der Waals surface area contributed by atoms with E-state index in [1.54, 1.807) is 5.57 Å². The number of allylic oxidation sites excluding steroid dienone is 3. The van der Waals surface area contributed by atoms with Crippen molar-refractivity contribution in [2.45, 2.75) is 46.0 Å². The highest BCUT2D eigenvalue weighted by Gasteiger charge is 2.43. The van der Waals surface area contributed by atoms with Crippen LogP contribution in [0.5, 0.6) is 0 Å². The summed E-state index contributed by atoms with van der Waals surface area (Å²) in [4.78, 5) is 11.4. The maximum absolute atomic E-state index is 11.4. The number of ether oxygens (including phenoxy) is 1. The Bertz CT molecular complexity index is 378. The summed E-state index contributed by atoms with van der Waals surface area (Å²) in [5, 5.41) is 0. The van der Waals surface area contributed by atoms with Crippen molar-refractivity contribution < 1.29 is 9.53 Å². The molecule has 2 rings (SSSR count). The normalized spacial score (nSPS) is 35.1. The number of methoxy groups -OCH3 is 1. The Balaban J connectivity index is 2.04. The number of hydrogen-bond donors (Lipinski definition) is 0. The average Bonchev–Trinajstić information content (AvgIpc) is 2.36. The van der Waals surface area contributed by atoms with Gasteiger partial charge in [0.25, 0.3) is 0 Å². The van der Waals surface area contributed by atoms with Gasteiger partial charge in [-0.1, -0.05) is 24.6 Å². The van der Waals surface area contributed by atoms with Gasteiger partial charge in [0.05, 0.1) is 7.11 Å². The highest BCUT2D eigenvalue weighted by Crippen LogP contribution is 2.54. The molecule has 2 aliphatic carbocycles. The minimum atomic E-state index is -0.145. The highest BCUT2D eigenvalue weighted by molar-refractivity contribution is 5.88. The van der Waals surface area contributed by atoms with Crippen LogP contribution in [0, 0.1) is 11.3 Å². The lowest BCUT2D eigenvalue weighted by Crippen LogP contribution is -2.38. The molecule has 2 nitrogen and oxygen atoms in total. The molecule has 1 unspecified atom stereocenters. The molecular weight excluding hydrogens is 212 g/mol. The molecule has 0 amide bonds. The Morgan fingerprint density at radius 1 is 1.53 bits per heavy atom. The molecule has 0 N–H and O–H groups in total. The van der Waals surface area contributed by atoms with Gasteiger partial charge >= 0.3 is 5.97 Å². The second-order valence-corrected chi connectivity index (χ2v) is 5.42. The van der Waals surface area contributed by atoms with Gasteiger partial charge in [-0.05, 0) is 50.4 Å². The van der Waals surface area contributed by atoms with Crippen LogP contribution >= 0.6 is 0 Å². The van der Waals surface area contributed by atoms with E-state index < -0.39 is 0 Å². The summed E-state index contributed by atoms with van der Waals surface area (Å²) in [5.74, 6) is 0.560. The van der Waals surface area contributed by atoms with Crippen molar-refractivity contribution in [1.82, 2.24) is 0 Å². The molecule has 0 aromatic rings. The standard InChI is InChI=1S/C15H22O2/c1-4-12-9-10-15(12,2)13-7-5-11(6-8-13)14(16)17-3/h4-5,13H,6-10H2,1-3H3/b12-4+/t13?,15-/m0/s1. The molecule has 0 aromatic heterocycles. The van der Waals surface area contributed by atoms with Crippen LogP contribution in [0.25, 0.3) is 0 Å². The van der Waals surface area contributed by atoms with Crippen molar-refractivity contribution in [3.8, 4) is 0 Å². The first kappa shape index (κ1) is 12.4. The Labute approximate surface area is 104 Å². The zero-order chi connectivity index (χ0) is 12.5. The fraction of sp³-hybridized carbons (Fsp3) is 0.667. The molecular formula is C15H22O2. The van der Waals surface area contributed by atoms with Crippen molar-refractivity contribution in [3.63, 3.8) is 0 Å². The molecule has 0 radical (unpaired) electrons. The molecule has 0 bridgehead atoms. The first-order valence-corrected chi connectivity index (χ1v) is 6.55. The van der Waals surface area contributed by atoms with E-state index in [0.717, 1.165) is 24.8 Å². The van der Waals surface area contributed by atoms with Crippen LogP contribution in [-0.4, -0.2) is 13.1 Å². The number of esters is 1. The number of rotatable bonds is 2. The van der Waals surface area contributed by atoms with Crippen LogP contribution in [0.1, 0.15) is 46.0 Å². The lowest BCUT2D eigenvalue weighted by Gasteiger charge is -2.49. The maximum atomic E-state index is 11.4. The molecule has 2 heteroatoms. The smallest absolute Gasteiger partial charge is 0.333 e. The molecule has 2 aliphatic rings. The van der Waals surface area contributed by atoms with E-state index >= 15 is 0 Å². The summed E-state index contributed by atoms with van der Waals surface area (Å²) in [6.45, 7) is 4.53. The predicted octanol–water partition coefficient (Wildman–Crippen LogP) is 3.63. The molecule has 1 fully saturated rings. The first-order chi connectivity index (χ1) is 8.11. The summed E-state index contributed by atoms with van der Waals surface area (Å²) in [6, 6.07) is 0. The third-order valence-electron chi connectivity index (χ3n) is 4.76. The minimum absolute atomic E-state index is 0.145. The third-order valence-corrected chi connectivity index (χ3v) is 4.76. The van der Waals surface area contributed by atoms with E-state index in [1.807, 2.05) is 0 Å². The Hall–Kier alpha value is -1.05. The molecule has 0 spiro atoms. The molecule has 2 atom stereocenters. The van der Waals surface area contributed by atoms with Gasteiger partial charge in [-0.15, -0.1) is 0 Å². The average molecular weight is 234 g/mol. The third kappa shape index (κ3) is 2.05. The number of hydrogen-bond acceptors (Lipinski definition) is 2. The van der Waals surface area contributed by atoms with Gasteiger partial charge in [-0.2, -0.15) is 0 Å². The van der Waals surface area contributed by atoms with Crippen molar-refractivity contribution in [2.24, 2.45) is 11.3 Å². The van der Waals surface area contributed by atoms with Gasteiger partial charge in [0.1, 0.15) is 0 Å². The largest absolute Gasteiger partial charge is 0.466 e. The Morgan fingerprint density at radius 3 is 2.71 bits per heavy atom. The Kier molecular flexibility index (Phi) is 3.41. The molecule has 17 heavy (non-hydrogen) atoms. The Morgan fingerprint density at radius 2 is 2.29 bits per heavy atom. The van der Waals surface area contributed by atoms with Crippen LogP contribution in [0.2, 0.25) is 0 Å². The molecule has 0 saturated heterocycles. The van der Waals surface area contributed by atoms with Gasteiger partial charge in [0, 0.05) is 5.57 Å². The van der Waals surface area contributed by atoms with E-state index in [9.17, 15) is 4.79 Å². The molecule has 94 valence electrons. The molecule has 0 aromatic carbocycles. The van der Waals surface area contributed by atoms with E-state index in [2.05, 4.69) is 26.0 Å². The van der Waals surface area contributed by atoms with E-state index in [4.69, 9.17) is 4.74 Å². The first-order valence-electron chi connectivity index (χ1n) is 6.55. The zero-order valence-electron chi connectivity index (χ0n) is 11.1. The predicted molar refractivity (Wildman–Crippen MR) is 68.5 cm³/mol. The quantitative estimate of drug-likeness (QED) is 0.538. The van der Waals surface area contributed by atoms with Crippen LogP contribution in [0.4, 0.5) is 0 Å². The SMILES string of the molecule is C/C=C1\CC[C@]1(C)C1CC=C(C(=O)OC)CC1. The van der Waals surface area contributed by atoms with E-state index in [0.29, 0.717) is 11.3 Å². The van der Waals surface area contributed by atoms with Crippen LogP contribution in [-0.2, 0) is 9.53 Å². The van der Waals surface area contributed by atoms with Crippen molar-refractivity contribution in [1.29, 1.82) is 0 Å². The summed E-state index contributed by atoms with van der Waals surface area (Å²) in [5.41, 5.74) is 2.87. The summed E-state index contributed by atoms with van der Waals surface area (Å²) >= 11 is 0. The second-order valence-electron chi connectivity index (χ2n) is 5.42. The second kappa shape index (κ2) is 4.67. The molecule has 0 heterocycles. The monoisotopic (exact) mass is 234 g/mol. The van der Waals surface area contributed by atoms with Crippen LogP contribution in [0.3, 0.4) is 0 Å². The highest BCUT2D eigenvalue weighted by atomic mass is 16.5. The molecule has 1 saturated carbocycles. The summed E-state index contributed by atoms with van der Waals surface area (Å²) in [6.07, 6.45) is 9.96. The number of carbonyl (C=O) groups excluding carboxylic acids is 1. The fourth-order valence-electron chi connectivity index (χ4n) is 3.33. The van der Waals surface area contributed by atoms with Crippen LogP contribution < -0.4 is 0 Å². The molecule has 0 aliphatic heterocycles. The maximum Gasteiger partial charge on any atom is 0.333 e. The number of carbonyl (C=O) groups is 1. The van der Waals surface area contributed by atoms with Crippen molar-refractivity contribution in [3.05, 3.63) is 23.3 Å². The van der Waals surface area contributed by atoms with E-state index in [-0.39, 0.29) is 5.97 Å². The van der Waals surface area contributed by atoms with Gasteiger partial charge in [0.2, 0.25) is 0 Å². The van der Waals surface area contributed by atoms with Gasteiger partial charge in [-0.3, -0.25) is 0 Å². The van der Waals surface area contributed by atoms with E-state index in [1.165, 1.54) is 20.0 Å². The van der Waals surface area contributed by atoms with Gasteiger partial charge < -0.3 is 4.74 Å². The van der Waals surface area contributed by atoms with Gasteiger partial charge in [-0.25, -0.2) is 4.79 Å². The summed E-state index contributed by atoms with van der Waals surface area (Å²) in [7, 11) is 1.46. The van der Waals surface area contributed by atoms with Crippen molar-refractivity contribution >= 4 is 5.97 Å². The lowest BCUT2D eigenvalue weighted by molar-refractivity contribution is -0.136. The lowest BCUT2D eigenvalue weighted by atomic mass is 9.56.